The lowest BCUT2D eigenvalue weighted by atomic mass is 10.1. The van der Waals surface area contributed by atoms with Gasteiger partial charge in [0.2, 0.25) is 0 Å². The average Bonchev–Trinajstić information content (AvgIpc) is 2.55. The summed E-state index contributed by atoms with van der Waals surface area (Å²) in [5.41, 5.74) is 0.982. The van der Waals surface area contributed by atoms with E-state index in [2.05, 4.69) is 25.7 Å². The van der Waals surface area contributed by atoms with Gasteiger partial charge in [0.15, 0.2) is 0 Å². The van der Waals surface area contributed by atoms with E-state index in [1.54, 1.807) is 0 Å². The lowest BCUT2D eigenvalue weighted by molar-refractivity contribution is 0.309. The summed E-state index contributed by atoms with van der Waals surface area (Å²) in [6, 6.07) is 7.98. The molecular formula is C19H33ClN2O. The highest BCUT2D eigenvalue weighted by molar-refractivity contribution is 5.96. The minimum atomic E-state index is 0. The van der Waals surface area contributed by atoms with Gasteiger partial charge in [0.1, 0.15) is 11.6 Å². The second kappa shape index (κ2) is 13.2. The summed E-state index contributed by atoms with van der Waals surface area (Å²) >= 11 is 0. The Morgan fingerprint density at radius 2 is 1.43 bits per heavy atom. The molecule has 0 bridgehead atoms. The third-order valence-corrected chi connectivity index (χ3v) is 3.77. The number of nitrogens with one attached hydrogen (secondary N) is 1. The number of benzene rings is 1. The zero-order chi connectivity index (χ0) is 16.2. The summed E-state index contributed by atoms with van der Waals surface area (Å²) in [5.74, 6) is 1.54. The first-order valence-electron chi connectivity index (χ1n) is 8.79. The average molecular weight is 341 g/mol. The molecule has 0 aliphatic heterocycles. The largest absolute Gasteiger partial charge is 0.494 e. The van der Waals surface area contributed by atoms with Crippen LogP contribution in [-0.4, -0.2) is 30.4 Å². The van der Waals surface area contributed by atoms with Crippen molar-refractivity contribution in [1.29, 1.82) is 5.41 Å². The Kier molecular flexibility index (Phi) is 12.5. The van der Waals surface area contributed by atoms with Crippen LogP contribution in [0.5, 0.6) is 5.75 Å². The third-order valence-electron chi connectivity index (χ3n) is 3.77. The molecule has 1 N–H and O–H groups in total. The van der Waals surface area contributed by atoms with Crippen molar-refractivity contribution in [2.75, 3.05) is 19.7 Å². The first-order valence-corrected chi connectivity index (χ1v) is 8.79. The molecule has 0 spiro atoms. The summed E-state index contributed by atoms with van der Waals surface area (Å²) in [5, 5.41) is 8.47. The maximum atomic E-state index is 8.47. The molecule has 0 unspecified atom stereocenters. The summed E-state index contributed by atoms with van der Waals surface area (Å²) in [6.45, 7) is 9.28. The molecule has 0 aromatic heterocycles. The summed E-state index contributed by atoms with van der Waals surface area (Å²) in [6.07, 6.45) is 6.85. The summed E-state index contributed by atoms with van der Waals surface area (Å²) in [4.78, 5) is 2.21. The molecule has 0 saturated heterocycles. The molecule has 3 nitrogen and oxygen atoms in total. The van der Waals surface area contributed by atoms with Crippen LogP contribution in [0.4, 0.5) is 0 Å². The monoisotopic (exact) mass is 340 g/mol. The van der Waals surface area contributed by atoms with Crippen LogP contribution in [0.1, 0.15) is 64.9 Å². The van der Waals surface area contributed by atoms with Gasteiger partial charge in [-0.25, -0.2) is 0 Å². The van der Waals surface area contributed by atoms with Gasteiger partial charge < -0.3 is 9.64 Å². The Hall–Kier alpha value is -1.22. The van der Waals surface area contributed by atoms with Crippen LogP contribution in [0, 0.1) is 5.41 Å². The van der Waals surface area contributed by atoms with Crippen molar-refractivity contribution in [2.45, 2.75) is 59.3 Å². The number of rotatable bonds is 11. The Bertz CT molecular complexity index is 412. The normalized spacial score (nSPS) is 10.0. The van der Waals surface area contributed by atoms with E-state index in [0.29, 0.717) is 5.84 Å². The Morgan fingerprint density at radius 3 is 1.91 bits per heavy atom. The van der Waals surface area contributed by atoms with Gasteiger partial charge in [-0.3, -0.25) is 5.41 Å². The van der Waals surface area contributed by atoms with E-state index in [4.69, 9.17) is 10.1 Å². The van der Waals surface area contributed by atoms with Crippen molar-refractivity contribution in [3.8, 4) is 5.75 Å². The highest BCUT2D eigenvalue weighted by atomic mass is 35.5. The van der Waals surface area contributed by atoms with Crippen LogP contribution in [0.2, 0.25) is 0 Å². The fourth-order valence-corrected chi connectivity index (χ4v) is 2.26. The van der Waals surface area contributed by atoms with Crippen LogP contribution >= 0.6 is 12.4 Å². The van der Waals surface area contributed by atoms with E-state index in [-0.39, 0.29) is 12.4 Å². The number of amidine groups is 1. The van der Waals surface area contributed by atoms with Gasteiger partial charge in [0.25, 0.3) is 0 Å². The molecule has 4 heteroatoms. The predicted octanol–water partition coefficient (Wildman–Crippen LogP) is 5.51. The Labute approximate surface area is 148 Å². The fourth-order valence-electron chi connectivity index (χ4n) is 2.26. The highest BCUT2D eigenvalue weighted by Gasteiger charge is 2.11. The quantitative estimate of drug-likeness (QED) is 0.327. The topological polar surface area (TPSA) is 36.3 Å². The van der Waals surface area contributed by atoms with E-state index < -0.39 is 0 Å². The molecule has 1 rings (SSSR count). The summed E-state index contributed by atoms with van der Waals surface area (Å²) < 4.78 is 5.69. The Balaban J connectivity index is 0.00000484. The van der Waals surface area contributed by atoms with E-state index in [9.17, 15) is 0 Å². The van der Waals surface area contributed by atoms with Crippen LogP contribution in [-0.2, 0) is 0 Å². The molecule has 0 aliphatic rings. The van der Waals surface area contributed by atoms with Gasteiger partial charge in [-0.2, -0.15) is 0 Å². The first-order chi connectivity index (χ1) is 10.7. The van der Waals surface area contributed by atoms with Crippen LogP contribution < -0.4 is 4.74 Å². The second-order valence-corrected chi connectivity index (χ2v) is 5.77. The smallest absolute Gasteiger partial charge is 0.128 e. The molecule has 1 aromatic rings. The zero-order valence-corrected chi connectivity index (χ0v) is 15.8. The molecule has 23 heavy (non-hydrogen) atoms. The fraction of sp³-hybridized carbons (Fsp3) is 0.632. The SMILES string of the molecule is CCCCOc1ccc(C(=N)N(CCCC)CCCC)cc1.Cl. The lowest BCUT2D eigenvalue weighted by Crippen LogP contribution is -2.32. The van der Waals surface area contributed by atoms with Crippen molar-refractivity contribution >= 4 is 18.2 Å². The zero-order valence-electron chi connectivity index (χ0n) is 14.9. The van der Waals surface area contributed by atoms with Crippen LogP contribution in [0.25, 0.3) is 0 Å². The predicted molar refractivity (Wildman–Crippen MR) is 102 cm³/mol. The maximum Gasteiger partial charge on any atom is 0.128 e. The van der Waals surface area contributed by atoms with Crippen molar-refractivity contribution in [3.63, 3.8) is 0 Å². The molecule has 0 amide bonds. The standard InChI is InChI=1S/C19H32N2O.ClH/c1-4-7-14-21(15-8-5-2)19(20)17-10-12-18(13-11-17)22-16-9-6-3;/h10-13,20H,4-9,14-16H2,1-3H3;1H. The number of ether oxygens (including phenoxy) is 1. The second-order valence-electron chi connectivity index (χ2n) is 5.77. The van der Waals surface area contributed by atoms with Gasteiger partial charge >= 0.3 is 0 Å². The van der Waals surface area contributed by atoms with Crippen molar-refractivity contribution in [1.82, 2.24) is 4.90 Å². The first kappa shape index (κ1) is 21.8. The number of unbranched alkanes of at least 4 members (excludes halogenated alkanes) is 3. The number of nitrogens with zero attached hydrogens (tertiary/aromatic N) is 1. The Morgan fingerprint density at radius 1 is 0.913 bits per heavy atom. The molecule has 0 atom stereocenters. The summed E-state index contributed by atoms with van der Waals surface area (Å²) in [7, 11) is 0. The minimum absolute atomic E-state index is 0. The molecule has 0 radical (unpaired) electrons. The van der Waals surface area contributed by atoms with E-state index in [1.165, 1.54) is 12.8 Å². The van der Waals surface area contributed by atoms with Gasteiger partial charge in [-0.15, -0.1) is 12.4 Å². The van der Waals surface area contributed by atoms with Gasteiger partial charge in [0.05, 0.1) is 6.61 Å². The lowest BCUT2D eigenvalue weighted by Gasteiger charge is -2.25. The molecule has 0 heterocycles. The van der Waals surface area contributed by atoms with Crippen molar-refractivity contribution in [3.05, 3.63) is 29.8 Å². The van der Waals surface area contributed by atoms with E-state index in [1.807, 2.05) is 24.3 Å². The van der Waals surface area contributed by atoms with Gasteiger partial charge in [-0.05, 0) is 43.5 Å². The molecular weight excluding hydrogens is 308 g/mol. The van der Waals surface area contributed by atoms with E-state index in [0.717, 1.165) is 56.7 Å². The van der Waals surface area contributed by atoms with Crippen LogP contribution in [0.3, 0.4) is 0 Å². The van der Waals surface area contributed by atoms with Gasteiger partial charge in [-0.1, -0.05) is 40.0 Å². The third kappa shape index (κ3) is 8.26. The van der Waals surface area contributed by atoms with E-state index >= 15 is 0 Å². The molecule has 0 aliphatic carbocycles. The maximum absolute atomic E-state index is 8.47. The van der Waals surface area contributed by atoms with Crippen molar-refractivity contribution < 1.29 is 4.74 Å². The number of hydrogen-bond acceptors (Lipinski definition) is 2. The molecule has 1 aromatic carbocycles. The molecule has 0 saturated carbocycles. The van der Waals surface area contributed by atoms with Crippen LogP contribution in [0.15, 0.2) is 24.3 Å². The highest BCUT2D eigenvalue weighted by Crippen LogP contribution is 2.15. The molecule has 0 fully saturated rings. The number of halogens is 1. The molecule has 132 valence electrons. The minimum Gasteiger partial charge on any atom is -0.494 e. The number of hydrogen-bond donors (Lipinski definition) is 1. The van der Waals surface area contributed by atoms with Gasteiger partial charge in [0, 0.05) is 18.7 Å². The van der Waals surface area contributed by atoms with Crippen molar-refractivity contribution in [2.24, 2.45) is 0 Å².